The van der Waals surface area contributed by atoms with Gasteiger partial charge in [0.1, 0.15) is 0 Å². The van der Waals surface area contributed by atoms with E-state index >= 15 is 0 Å². The van der Waals surface area contributed by atoms with Gasteiger partial charge in [-0.3, -0.25) is 4.90 Å². The molecule has 0 amide bonds. The number of nitrogens with zero attached hydrogens (tertiary/aromatic N) is 1. The highest BCUT2D eigenvalue weighted by Crippen LogP contribution is 1.89. The number of aliphatic hydroxyl groups excluding tert-OH is 2. The summed E-state index contributed by atoms with van der Waals surface area (Å²) in [4.78, 5) is 2.05. The second-order valence-electron chi connectivity index (χ2n) is 2.75. The lowest BCUT2D eigenvalue weighted by molar-refractivity contribution is 0.160. The van der Waals surface area contributed by atoms with Gasteiger partial charge in [0, 0.05) is 13.1 Å². The van der Waals surface area contributed by atoms with Gasteiger partial charge in [-0.2, -0.15) is 0 Å². The lowest BCUT2D eigenvalue weighted by atomic mass is 10.3. The van der Waals surface area contributed by atoms with Gasteiger partial charge in [-0.15, -0.1) is 0 Å². The molecule has 0 aromatic heterocycles. The molecule has 14 heavy (non-hydrogen) atoms. The first-order valence-electron chi connectivity index (χ1n) is 5.43. The molecule has 0 heterocycles. The van der Waals surface area contributed by atoms with Gasteiger partial charge < -0.3 is 15.5 Å². The average molecular weight is 206 g/mol. The number of nitrogens with one attached hydrogen (secondary N) is 1. The number of hydrogen-bond donors (Lipinski definition) is 3. The third-order valence-corrected chi connectivity index (χ3v) is 1.73. The zero-order valence-corrected chi connectivity index (χ0v) is 9.79. The van der Waals surface area contributed by atoms with Crippen LogP contribution in [0.25, 0.3) is 0 Å². The molecule has 3 N–H and O–H groups in total. The number of rotatable bonds is 8. The standard InChI is InChI=1S/C8H20N2O2.C2H6/c1-9-3-2-4-10(5-7-11)6-8-12;1-2/h9,11-12H,2-8H2,1H3;1-2H3. The van der Waals surface area contributed by atoms with Crippen LogP contribution in [0.2, 0.25) is 0 Å². The number of hydrogen-bond acceptors (Lipinski definition) is 4. The van der Waals surface area contributed by atoms with Crippen molar-refractivity contribution < 1.29 is 10.2 Å². The maximum Gasteiger partial charge on any atom is 0.0558 e. The molecule has 0 aromatic rings. The van der Waals surface area contributed by atoms with E-state index in [0.29, 0.717) is 13.1 Å². The third-order valence-electron chi connectivity index (χ3n) is 1.73. The van der Waals surface area contributed by atoms with Crippen molar-refractivity contribution in [1.82, 2.24) is 10.2 Å². The molecule has 0 unspecified atom stereocenters. The SMILES string of the molecule is CC.CNCCCN(CCO)CCO. The summed E-state index contributed by atoms with van der Waals surface area (Å²) in [6, 6.07) is 0. The molecular weight excluding hydrogens is 180 g/mol. The second-order valence-corrected chi connectivity index (χ2v) is 2.75. The van der Waals surface area contributed by atoms with Crippen LogP contribution >= 0.6 is 0 Å². The van der Waals surface area contributed by atoms with E-state index in [-0.39, 0.29) is 13.2 Å². The molecule has 4 heteroatoms. The van der Waals surface area contributed by atoms with Gasteiger partial charge in [0.05, 0.1) is 13.2 Å². The maximum atomic E-state index is 8.68. The Balaban J connectivity index is 0. The molecule has 0 atom stereocenters. The topological polar surface area (TPSA) is 55.7 Å². The summed E-state index contributed by atoms with van der Waals surface area (Å²) in [5, 5.41) is 20.4. The van der Waals surface area contributed by atoms with E-state index in [1.54, 1.807) is 0 Å². The summed E-state index contributed by atoms with van der Waals surface area (Å²) in [6.45, 7) is 7.56. The molecule has 0 fully saturated rings. The Hall–Kier alpha value is -0.160. The van der Waals surface area contributed by atoms with Gasteiger partial charge >= 0.3 is 0 Å². The van der Waals surface area contributed by atoms with E-state index < -0.39 is 0 Å². The highest BCUT2D eigenvalue weighted by molar-refractivity contribution is 4.56. The number of aliphatic hydroxyl groups is 2. The zero-order chi connectivity index (χ0) is 11.2. The third kappa shape index (κ3) is 11.8. The van der Waals surface area contributed by atoms with E-state index in [0.717, 1.165) is 19.5 Å². The molecule has 0 radical (unpaired) electrons. The van der Waals surface area contributed by atoms with Crippen LogP contribution in [0.1, 0.15) is 20.3 Å². The predicted octanol–water partition coefficient (Wildman–Crippen LogP) is -0.0913. The molecule has 0 rings (SSSR count). The predicted molar refractivity (Wildman–Crippen MR) is 60.5 cm³/mol. The fourth-order valence-electron chi connectivity index (χ4n) is 1.10. The fourth-order valence-corrected chi connectivity index (χ4v) is 1.10. The van der Waals surface area contributed by atoms with Crippen molar-refractivity contribution in [2.45, 2.75) is 20.3 Å². The Kier molecular flexibility index (Phi) is 17.8. The molecular formula is C10H26N2O2. The summed E-state index contributed by atoms with van der Waals surface area (Å²) in [5.74, 6) is 0. The lowest BCUT2D eigenvalue weighted by Gasteiger charge is -2.19. The molecule has 0 aliphatic carbocycles. The minimum Gasteiger partial charge on any atom is -0.395 e. The average Bonchev–Trinajstić information content (AvgIpc) is 2.22. The van der Waals surface area contributed by atoms with Crippen LogP contribution in [0, 0.1) is 0 Å². The van der Waals surface area contributed by atoms with Crippen molar-refractivity contribution in [2.24, 2.45) is 0 Å². The Morgan fingerprint density at radius 2 is 1.50 bits per heavy atom. The second kappa shape index (κ2) is 15.3. The summed E-state index contributed by atoms with van der Waals surface area (Å²) < 4.78 is 0. The first kappa shape index (κ1) is 16.3. The van der Waals surface area contributed by atoms with Crippen LogP contribution in [0.5, 0.6) is 0 Å². The van der Waals surface area contributed by atoms with Crippen LogP contribution in [0.3, 0.4) is 0 Å². The highest BCUT2D eigenvalue weighted by atomic mass is 16.3. The monoisotopic (exact) mass is 206 g/mol. The van der Waals surface area contributed by atoms with Crippen LogP contribution in [-0.4, -0.2) is 61.6 Å². The van der Waals surface area contributed by atoms with Gasteiger partial charge in [-0.1, -0.05) is 13.8 Å². The fraction of sp³-hybridized carbons (Fsp3) is 1.00. The minimum absolute atomic E-state index is 0.166. The molecule has 0 aromatic carbocycles. The quantitative estimate of drug-likeness (QED) is 0.486. The molecule has 4 nitrogen and oxygen atoms in total. The van der Waals surface area contributed by atoms with E-state index in [9.17, 15) is 0 Å². The Labute approximate surface area is 87.9 Å². The normalized spacial score (nSPS) is 9.86. The van der Waals surface area contributed by atoms with Gasteiger partial charge in [0.15, 0.2) is 0 Å². The van der Waals surface area contributed by atoms with Crippen LogP contribution in [-0.2, 0) is 0 Å². The van der Waals surface area contributed by atoms with E-state index in [4.69, 9.17) is 10.2 Å². The Morgan fingerprint density at radius 3 is 1.86 bits per heavy atom. The summed E-state index contributed by atoms with van der Waals surface area (Å²) >= 11 is 0. The van der Waals surface area contributed by atoms with Crippen molar-refractivity contribution >= 4 is 0 Å². The van der Waals surface area contributed by atoms with E-state index in [1.807, 2.05) is 20.9 Å². The van der Waals surface area contributed by atoms with Crippen molar-refractivity contribution in [3.8, 4) is 0 Å². The van der Waals surface area contributed by atoms with Crippen LogP contribution in [0.15, 0.2) is 0 Å². The van der Waals surface area contributed by atoms with E-state index in [1.165, 1.54) is 0 Å². The molecule has 0 spiro atoms. The van der Waals surface area contributed by atoms with Crippen molar-refractivity contribution in [1.29, 1.82) is 0 Å². The first-order valence-corrected chi connectivity index (χ1v) is 5.43. The molecule has 0 bridgehead atoms. The maximum absolute atomic E-state index is 8.68. The Bertz CT molecular complexity index is 86.2. The molecule has 0 saturated carbocycles. The van der Waals surface area contributed by atoms with Crippen molar-refractivity contribution in [2.75, 3.05) is 46.4 Å². The van der Waals surface area contributed by atoms with E-state index in [2.05, 4.69) is 10.2 Å². The van der Waals surface area contributed by atoms with Gasteiger partial charge in [-0.25, -0.2) is 0 Å². The van der Waals surface area contributed by atoms with Gasteiger partial charge in [0.25, 0.3) is 0 Å². The van der Waals surface area contributed by atoms with Gasteiger partial charge in [0.2, 0.25) is 0 Å². The summed E-state index contributed by atoms with van der Waals surface area (Å²) in [6.07, 6.45) is 1.05. The summed E-state index contributed by atoms with van der Waals surface area (Å²) in [7, 11) is 1.92. The van der Waals surface area contributed by atoms with Crippen LogP contribution in [0.4, 0.5) is 0 Å². The van der Waals surface area contributed by atoms with Crippen LogP contribution < -0.4 is 5.32 Å². The van der Waals surface area contributed by atoms with Crippen molar-refractivity contribution in [3.63, 3.8) is 0 Å². The van der Waals surface area contributed by atoms with Crippen molar-refractivity contribution in [3.05, 3.63) is 0 Å². The molecule has 0 aliphatic heterocycles. The Morgan fingerprint density at radius 1 is 1.00 bits per heavy atom. The van der Waals surface area contributed by atoms with Gasteiger partial charge in [-0.05, 0) is 26.6 Å². The molecule has 0 aliphatic rings. The largest absolute Gasteiger partial charge is 0.395 e. The highest BCUT2D eigenvalue weighted by Gasteiger charge is 2.01. The first-order chi connectivity index (χ1) is 6.85. The minimum atomic E-state index is 0.166. The molecule has 88 valence electrons. The smallest absolute Gasteiger partial charge is 0.0558 e. The lowest BCUT2D eigenvalue weighted by Crippen LogP contribution is -2.32. The molecule has 0 saturated heterocycles. The summed E-state index contributed by atoms with van der Waals surface area (Å²) in [5.41, 5.74) is 0. The zero-order valence-electron chi connectivity index (χ0n) is 9.79.